The van der Waals surface area contributed by atoms with Crippen LogP contribution in [0.15, 0.2) is 16.5 Å². The number of nitrogens with one attached hydrogen (secondary N) is 1. The quantitative estimate of drug-likeness (QED) is 0.428. The molecule has 0 bridgehead atoms. The summed E-state index contributed by atoms with van der Waals surface area (Å²) < 4.78 is 4.99. The molecule has 84 valence electrons. The van der Waals surface area contributed by atoms with Crippen molar-refractivity contribution in [3.05, 3.63) is 28.0 Å². The smallest absolute Gasteiger partial charge is 0.404 e. The summed E-state index contributed by atoms with van der Waals surface area (Å²) in [6.07, 6.45) is 3.51. The predicted molar refractivity (Wildman–Crippen MR) is 56.6 cm³/mol. The highest BCUT2D eigenvalue weighted by molar-refractivity contribution is 5.17. The summed E-state index contributed by atoms with van der Waals surface area (Å²) >= 11 is 0. The van der Waals surface area contributed by atoms with Crippen LogP contribution in [-0.4, -0.2) is 11.5 Å². The maximum atomic E-state index is 10.3. The normalized spacial score (nSPS) is 10.5. The summed E-state index contributed by atoms with van der Waals surface area (Å²) in [4.78, 5) is 9.79. The van der Waals surface area contributed by atoms with E-state index in [-0.39, 0.29) is 5.88 Å². The molecule has 0 aromatic carbocycles. The summed E-state index contributed by atoms with van der Waals surface area (Å²) in [5.74, 6) is 0.415. The summed E-state index contributed by atoms with van der Waals surface area (Å²) in [5.41, 5.74) is 0. The highest BCUT2D eigenvalue weighted by atomic mass is 16.6. The average Bonchev–Trinajstić information content (AvgIpc) is 2.66. The van der Waals surface area contributed by atoms with Gasteiger partial charge in [-0.05, 0) is 19.0 Å². The summed E-state index contributed by atoms with van der Waals surface area (Å²) in [6.45, 7) is 3.62. The molecule has 0 saturated heterocycles. The van der Waals surface area contributed by atoms with Crippen LogP contribution >= 0.6 is 0 Å². The second-order valence-electron chi connectivity index (χ2n) is 3.38. The van der Waals surface area contributed by atoms with E-state index in [1.54, 1.807) is 6.07 Å². The number of nitrogens with zero attached hydrogens (tertiary/aromatic N) is 1. The second-order valence-corrected chi connectivity index (χ2v) is 3.38. The second kappa shape index (κ2) is 6.19. The van der Waals surface area contributed by atoms with Gasteiger partial charge in [-0.25, -0.2) is 0 Å². The van der Waals surface area contributed by atoms with Gasteiger partial charge in [0, 0.05) is 0 Å². The zero-order valence-electron chi connectivity index (χ0n) is 8.86. The van der Waals surface area contributed by atoms with Crippen LogP contribution in [-0.2, 0) is 6.54 Å². The lowest BCUT2D eigenvalue weighted by molar-refractivity contribution is -0.402. The van der Waals surface area contributed by atoms with Gasteiger partial charge >= 0.3 is 5.88 Å². The lowest BCUT2D eigenvalue weighted by atomic mass is 10.2. The molecule has 0 aliphatic heterocycles. The first kappa shape index (κ1) is 11.7. The first-order valence-corrected chi connectivity index (χ1v) is 5.18. The molecule has 1 N–H and O–H groups in total. The number of hydrogen-bond donors (Lipinski definition) is 1. The predicted octanol–water partition coefficient (Wildman–Crippen LogP) is 2.47. The third kappa shape index (κ3) is 4.12. The van der Waals surface area contributed by atoms with Crippen molar-refractivity contribution in [1.82, 2.24) is 5.32 Å². The summed E-state index contributed by atoms with van der Waals surface area (Å²) in [5, 5.41) is 13.5. The van der Waals surface area contributed by atoms with Crippen molar-refractivity contribution < 1.29 is 9.34 Å². The standard InChI is InChI=1S/C10H16N2O3/c1-2-3-4-7-11-8-9-5-6-10(15-9)12(13)14/h5-6,11H,2-4,7-8H2,1H3. The highest BCUT2D eigenvalue weighted by Crippen LogP contribution is 2.15. The molecule has 1 heterocycles. The van der Waals surface area contributed by atoms with Crippen molar-refractivity contribution in [2.45, 2.75) is 32.7 Å². The molecule has 15 heavy (non-hydrogen) atoms. The first-order valence-electron chi connectivity index (χ1n) is 5.18. The molecule has 0 spiro atoms. The van der Waals surface area contributed by atoms with E-state index < -0.39 is 4.92 Å². The van der Waals surface area contributed by atoms with E-state index in [2.05, 4.69) is 12.2 Å². The SMILES string of the molecule is CCCCCNCc1ccc([N+](=O)[O-])o1. The van der Waals surface area contributed by atoms with Crippen LogP contribution in [0.2, 0.25) is 0 Å². The largest absolute Gasteiger partial charge is 0.433 e. The third-order valence-electron chi connectivity index (χ3n) is 2.08. The Bertz CT molecular complexity index is 309. The first-order chi connectivity index (χ1) is 7.24. The van der Waals surface area contributed by atoms with Crippen LogP contribution < -0.4 is 5.32 Å². The Labute approximate surface area is 88.6 Å². The zero-order valence-corrected chi connectivity index (χ0v) is 8.86. The molecule has 5 nitrogen and oxygen atoms in total. The fourth-order valence-corrected chi connectivity index (χ4v) is 1.27. The molecule has 1 aromatic heterocycles. The Morgan fingerprint density at radius 1 is 1.47 bits per heavy atom. The fraction of sp³-hybridized carbons (Fsp3) is 0.600. The Balaban J connectivity index is 2.23. The molecule has 1 aromatic rings. The van der Waals surface area contributed by atoms with Crippen molar-refractivity contribution in [2.75, 3.05) is 6.54 Å². The van der Waals surface area contributed by atoms with Crippen LogP contribution in [0.25, 0.3) is 0 Å². The summed E-state index contributed by atoms with van der Waals surface area (Å²) in [7, 11) is 0. The van der Waals surface area contributed by atoms with Gasteiger partial charge < -0.3 is 9.73 Å². The number of unbranched alkanes of at least 4 members (excludes halogenated alkanes) is 2. The van der Waals surface area contributed by atoms with E-state index in [0.29, 0.717) is 12.3 Å². The van der Waals surface area contributed by atoms with Gasteiger partial charge in [-0.3, -0.25) is 10.1 Å². The van der Waals surface area contributed by atoms with Gasteiger partial charge in [-0.15, -0.1) is 0 Å². The Morgan fingerprint density at radius 3 is 2.87 bits per heavy atom. The van der Waals surface area contributed by atoms with Crippen molar-refractivity contribution in [2.24, 2.45) is 0 Å². The molecule has 0 fully saturated rings. The van der Waals surface area contributed by atoms with Gasteiger partial charge in [0.2, 0.25) is 0 Å². The van der Waals surface area contributed by atoms with E-state index in [0.717, 1.165) is 13.0 Å². The average molecular weight is 212 g/mol. The molecule has 0 atom stereocenters. The number of rotatable bonds is 7. The van der Waals surface area contributed by atoms with Crippen molar-refractivity contribution in [1.29, 1.82) is 0 Å². The van der Waals surface area contributed by atoms with Gasteiger partial charge in [0.1, 0.15) is 10.7 Å². The minimum absolute atomic E-state index is 0.194. The number of hydrogen-bond acceptors (Lipinski definition) is 4. The van der Waals surface area contributed by atoms with E-state index in [1.165, 1.54) is 18.9 Å². The van der Waals surface area contributed by atoms with Gasteiger partial charge in [-0.2, -0.15) is 0 Å². The van der Waals surface area contributed by atoms with Gasteiger partial charge in [0.05, 0.1) is 12.6 Å². The van der Waals surface area contributed by atoms with Crippen molar-refractivity contribution >= 4 is 5.88 Å². The van der Waals surface area contributed by atoms with Crippen molar-refractivity contribution in [3.8, 4) is 0 Å². The van der Waals surface area contributed by atoms with Crippen LogP contribution in [0.4, 0.5) is 5.88 Å². The minimum atomic E-state index is -0.527. The van der Waals surface area contributed by atoms with Crippen molar-refractivity contribution in [3.63, 3.8) is 0 Å². The number of furan rings is 1. The van der Waals surface area contributed by atoms with E-state index in [4.69, 9.17) is 4.42 Å². The highest BCUT2D eigenvalue weighted by Gasteiger charge is 2.10. The molecular weight excluding hydrogens is 196 g/mol. The van der Waals surface area contributed by atoms with Crippen LogP contribution in [0, 0.1) is 10.1 Å². The zero-order chi connectivity index (χ0) is 11.1. The van der Waals surface area contributed by atoms with Crippen LogP contribution in [0.5, 0.6) is 0 Å². The minimum Gasteiger partial charge on any atom is -0.404 e. The fourth-order valence-electron chi connectivity index (χ4n) is 1.27. The van der Waals surface area contributed by atoms with E-state index in [1.807, 2.05) is 0 Å². The van der Waals surface area contributed by atoms with Gasteiger partial charge in [0.25, 0.3) is 0 Å². The molecule has 0 saturated carbocycles. The lowest BCUT2D eigenvalue weighted by Crippen LogP contribution is -2.13. The van der Waals surface area contributed by atoms with E-state index in [9.17, 15) is 10.1 Å². The maximum Gasteiger partial charge on any atom is 0.433 e. The summed E-state index contributed by atoms with van der Waals surface area (Å²) in [6, 6.07) is 3.01. The number of nitro groups is 1. The monoisotopic (exact) mass is 212 g/mol. The molecule has 0 aliphatic rings. The Kier molecular flexibility index (Phi) is 4.83. The van der Waals surface area contributed by atoms with E-state index >= 15 is 0 Å². The van der Waals surface area contributed by atoms with Crippen LogP contribution in [0.3, 0.4) is 0 Å². The Hall–Kier alpha value is -1.36. The van der Waals surface area contributed by atoms with Crippen LogP contribution in [0.1, 0.15) is 31.9 Å². The molecule has 0 radical (unpaired) electrons. The molecule has 0 aliphatic carbocycles. The maximum absolute atomic E-state index is 10.3. The van der Waals surface area contributed by atoms with Gasteiger partial charge in [0.15, 0.2) is 0 Å². The van der Waals surface area contributed by atoms with Gasteiger partial charge in [-0.1, -0.05) is 19.8 Å². The third-order valence-corrected chi connectivity index (χ3v) is 2.08. The molecule has 1 rings (SSSR count). The molecule has 0 unspecified atom stereocenters. The molecular formula is C10H16N2O3. The lowest BCUT2D eigenvalue weighted by Gasteiger charge is -2.00. The molecule has 0 amide bonds. The molecule has 5 heteroatoms. The Morgan fingerprint density at radius 2 is 2.27 bits per heavy atom. The topological polar surface area (TPSA) is 68.3 Å².